The lowest BCUT2D eigenvalue weighted by atomic mass is 9.44. The van der Waals surface area contributed by atoms with Gasteiger partial charge in [0.25, 0.3) is 0 Å². The maximum atomic E-state index is 13.9. The number of carbonyl (C=O) groups is 1. The van der Waals surface area contributed by atoms with Crippen molar-refractivity contribution in [2.24, 2.45) is 5.92 Å². The van der Waals surface area contributed by atoms with Crippen molar-refractivity contribution in [3.8, 4) is 6.07 Å². The van der Waals surface area contributed by atoms with E-state index in [1.54, 1.807) is 6.07 Å². The van der Waals surface area contributed by atoms with E-state index in [9.17, 15) is 9.18 Å². The van der Waals surface area contributed by atoms with Gasteiger partial charge in [-0.15, -0.1) is 0 Å². The number of carbonyl (C=O) groups excluding carboxylic acids is 1. The van der Waals surface area contributed by atoms with Crippen LogP contribution in [0.1, 0.15) is 58.1 Å². The fourth-order valence-corrected chi connectivity index (χ4v) is 3.78. The first-order valence-electron chi connectivity index (χ1n) is 8.56. The van der Waals surface area contributed by atoms with Crippen molar-refractivity contribution in [1.82, 2.24) is 0 Å². The van der Waals surface area contributed by atoms with Gasteiger partial charge >= 0.3 is 0 Å². The zero-order chi connectivity index (χ0) is 17.9. The second kappa shape index (κ2) is 7.34. The summed E-state index contributed by atoms with van der Waals surface area (Å²) in [6, 6.07) is 6.59. The van der Waals surface area contributed by atoms with Crippen molar-refractivity contribution < 1.29 is 9.18 Å². The molecule has 0 amide bonds. The molecule has 0 spiro atoms. The second-order valence-electron chi connectivity index (χ2n) is 7.48. The van der Waals surface area contributed by atoms with E-state index < -0.39 is 5.82 Å². The molecule has 0 aliphatic carbocycles. The quantitative estimate of drug-likeness (QED) is 0.730. The lowest BCUT2D eigenvalue weighted by molar-refractivity contribution is -0.109. The standard InChI is InChI=1S/C20H24BFNO/c1-5-6-15(9-14-7-8-16(12-23)17(22)10-14)18-13(2)11-20(3,4)21-19(18)24/h7-8,10,15H,5-6,9,11H2,1-4H3. The zero-order valence-electron chi connectivity index (χ0n) is 14.9. The van der Waals surface area contributed by atoms with E-state index in [1.165, 1.54) is 12.1 Å². The topological polar surface area (TPSA) is 40.9 Å². The van der Waals surface area contributed by atoms with E-state index in [0.29, 0.717) is 6.42 Å². The van der Waals surface area contributed by atoms with Gasteiger partial charge in [0.15, 0.2) is 0 Å². The van der Waals surface area contributed by atoms with Gasteiger partial charge in [0, 0.05) is 0 Å². The Balaban J connectivity index is 2.31. The molecule has 24 heavy (non-hydrogen) atoms. The number of rotatable bonds is 5. The Labute approximate surface area is 145 Å². The second-order valence-corrected chi connectivity index (χ2v) is 7.48. The van der Waals surface area contributed by atoms with E-state index in [2.05, 4.69) is 20.8 Å². The first kappa shape index (κ1) is 18.5. The molecule has 0 N–H and O–H groups in total. The number of halogens is 1. The van der Waals surface area contributed by atoms with E-state index in [0.717, 1.165) is 36.0 Å². The van der Waals surface area contributed by atoms with E-state index in [1.807, 2.05) is 20.3 Å². The molecule has 1 aliphatic rings. The molecule has 0 saturated heterocycles. The summed E-state index contributed by atoms with van der Waals surface area (Å²) in [4.78, 5) is 12.7. The number of benzene rings is 1. The third-order valence-corrected chi connectivity index (χ3v) is 4.65. The monoisotopic (exact) mass is 324 g/mol. The van der Waals surface area contributed by atoms with Gasteiger partial charge in [-0.2, -0.15) is 5.26 Å². The highest BCUT2D eigenvalue weighted by atomic mass is 19.1. The average Bonchev–Trinajstić information content (AvgIpc) is 2.45. The predicted octanol–water partition coefficient (Wildman–Crippen LogP) is 4.81. The molecule has 1 aliphatic heterocycles. The van der Waals surface area contributed by atoms with Crippen molar-refractivity contribution >= 4 is 13.0 Å². The molecule has 2 nitrogen and oxygen atoms in total. The molecular formula is C20H24BFNO. The number of nitrogens with zero attached hydrogens (tertiary/aromatic N) is 1. The van der Waals surface area contributed by atoms with Crippen LogP contribution >= 0.6 is 0 Å². The molecule has 1 heterocycles. The summed E-state index contributed by atoms with van der Waals surface area (Å²) in [6.07, 6.45) is 3.38. The Kier molecular flexibility index (Phi) is 5.64. The van der Waals surface area contributed by atoms with Crippen LogP contribution < -0.4 is 0 Å². The number of hydrogen-bond donors (Lipinski definition) is 0. The smallest absolute Gasteiger partial charge is 0.215 e. The molecule has 125 valence electrons. The molecule has 0 fully saturated rings. The van der Waals surface area contributed by atoms with Crippen molar-refractivity contribution in [2.45, 2.75) is 58.7 Å². The first-order chi connectivity index (χ1) is 11.3. The average molecular weight is 324 g/mol. The maximum Gasteiger partial charge on any atom is 0.215 e. The number of allylic oxidation sites excluding steroid dienone is 2. The van der Waals surface area contributed by atoms with E-state index in [4.69, 9.17) is 5.26 Å². The lowest BCUT2D eigenvalue weighted by Gasteiger charge is -2.33. The Morgan fingerprint density at radius 2 is 2.12 bits per heavy atom. The number of hydrogen-bond acceptors (Lipinski definition) is 2. The van der Waals surface area contributed by atoms with Crippen LogP contribution in [0.5, 0.6) is 0 Å². The van der Waals surface area contributed by atoms with Gasteiger partial charge in [-0.05, 0) is 55.4 Å². The van der Waals surface area contributed by atoms with E-state index in [-0.39, 0.29) is 22.5 Å². The Hall–Kier alpha value is -1.89. The fourth-order valence-electron chi connectivity index (χ4n) is 3.78. The van der Waals surface area contributed by atoms with Gasteiger partial charge in [-0.25, -0.2) is 4.39 Å². The molecule has 1 radical (unpaired) electrons. The summed E-state index contributed by atoms with van der Waals surface area (Å²) in [7, 11) is 1.83. The van der Waals surface area contributed by atoms with Crippen LogP contribution in [0.25, 0.3) is 0 Å². The minimum atomic E-state index is -0.487. The maximum absolute atomic E-state index is 13.9. The van der Waals surface area contributed by atoms with Crippen LogP contribution in [0.3, 0.4) is 0 Å². The summed E-state index contributed by atoms with van der Waals surface area (Å²) in [5.74, 6) is -0.388. The predicted molar refractivity (Wildman–Crippen MR) is 95.3 cm³/mol. The summed E-state index contributed by atoms with van der Waals surface area (Å²) >= 11 is 0. The SMILES string of the molecule is CCCC(Cc1ccc(C#N)c(F)c1)C1=C(C)CC(C)(C)[B]C1=O. The van der Waals surface area contributed by atoms with Gasteiger partial charge in [0.05, 0.1) is 5.56 Å². The van der Waals surface area contributed by atoms with Crippen LogP contribution in [0.15, 0.2) is 29.3 Å². The molecule has 1 aromatic carbocycles. The Morgan fingerprint density at radius 1 is 1.42 bits per heavy atom. The summed E-state index contributed by atoms with van der Waals surface area (Å²) in [5.41, 5.74) is 3.07. The Morgan fingerprint density at radius 3 is 2.67 bits per heavy atom. The summed E-state index contributed by atoms with van der Waals surface area (Å²) in [6.45, 7) is 8.30. The molecule has 1 aromatic rings. The van der Waals surface area contributed by atoms with Gasteiger partial charge < -0.3 is 4.79 Å². The molecule has 0 saturated carbocycles. The third kappa shape index (κ3) is 4.14. The summed E-state index contributed by atoms with van der Waals surface area (Å²) < 4.78 is 13.9. The van der Waals surface area contributed by atoms with Gasteiger partial charge in [0.1, 0.15) is 17.6 Å². The van der Waals surface area contributed by atoms with E-state index >= 15 is 0 Å². The van der Waals surface area contributed by atoms with Gasteiger partial charge in [-0.3, -0.25) is 0 Å². The van der Waals surface area contributed by atoms with Crippen molar-refractivity contribution in [3.63, 3.8) is 0 Å². The van der Waals surface area contributed by atoms with Crippen LogP contribution in [-0.4, -0.2) is 13.0 Å². The number of nitriles is 1. The van der Waals surface area contributed by atoms with Gasteiger partial charge in [-0.1, -0.05) is 44.1 Å². The lowest BCUT2D eigenvalue weighted by Crippen LogP contribution is -2.33. The van der Waals surface area contributed by atoms with Crippen molar-refractivity contribution in [3.05, 3.63) is 46.3 Å². The molecule has 1 atom stereocenters. The Bertz CT molecular complexity index is 715. The molecular weight excluding hydrogens is 300 g/mol. The van der Waals surface area contributed by atoms with Crippen LogP contribution in [0.2, 0.25) is 5.31 Å². The highest BCUT2D eigenvalue weighted by molar-refractivity contribution is 6.80. The van der Waals surface area contributed by atoms with Crippen LogP contribution in [0, 0.1) is 23.1 Å². The highest BCUT2D eigenvalue weighted by Gasteiger charge is 2.35. The molecule has 4 heteroatoms. The normalized spacial score (nSPS) is 18.1. The van der Waals surface area contributed by atoms with Gasteiger partial charge in [0.2, 0.25) is 7.28 Å². The summed E-state index contributed by atoms with van der Waals surface area (Å²) in [5, 5.41) is 8.76. The largest absolute Gasteiger partial charge is 0.307 e. The minimum Gasteiger partial charge on any atom is -0.307 e. The highest BCUT2D eigenvalue weighted by Crippen LogP contribution is 2.40. The molecule has 0 bridgehead atoms. The van der Waals surface area contributed by atoms with Crippen LogP contribution in [-0.2, 0) is 11.2 Å². The minimum absolute atomic E-state index is 0.0602. The zero-order valence-corrected chi connectivity index (χ0v) is 14.9. The van der Waals surface area contributed by atoms with Crippen molar-refractivity contribution in [2.75, 3.05) is 0 Å². The first-order valence-corrected chi connectivity index (χ1v) is 8.56. The molecule has 1 unspecified atom stereocenters. The molecule has 0 aromatic heterocycles. The third-order valence-electron chi connectivity index (χ3n) is 4.65. The fraction of sp³-hybridized carbons (Fsp3) is 0.500. The van der Waals surface area contributed by atoms with Crippen LogP contribution in [0.4, 0.5) is 4.39 Å². The van der Waals surface area contributed by atoms with Crippen molar-refractivity contribution in [1.29, 1.82) is 5.26 Å². The molecule has 2 rings (SSSR count).